The van der Waals surface area contributed by atoms with E-state index in [4.69, 9.17) is 4.74 Å². The minimum absolute atomic E-state index is 0.0336. The van der Waals surface area contributed by atoms with Crippen molar-refractivity contribution in [2.75, 3.05) is 18.0 Å². The first-order valence-corrected chi connectivity index (χ1v) is 11.8. The van der Waals surface area contributed by atoms with Crippen LogP contribution < -0.4 is 10.2 Å². The molecule has 1 aliphatic rings. The standard InChI is InChI=1S/C26H28FN5O4/c1-17(2)11-18-3-5-19(6-4-18)24(33)9-10-25(34)29-13-21-14-31(26(35)36-21)20-7-8-23(22(27)12-20)32-16-28-15-30-32/h3-8,12,15-17,21H,9-11,13-14H2,1-2H3,(H,29,34). The van der Waals surface area contributed by atoms with Gasteiger partial charge < -0.3 is 10.1 Å². The molecule has 1 fully saturated rings. The summed E-state index contributed by atoms with van der Waals surface area (Å²) in [4.78, 5) is 42.1. The Kier molecular flexibility index (Phi) is 7.72. The smallest absolute Gasteiger partial charge is 0.414 e. The van der Waals surface area contributed by atoms with E-state index in [0.717, 1.165) is 6.42 Å². The van der Waals surface area contributed by atoms with E-state index in [2.05, 4.69) is 29.2 Å². The zero-order chi connectivity index (χ0) is 25.7. The van der Waals surface area contributed by atoms with Crippen LogP contribution >= 0.6 is 0 Å². The third kappa shape index (κ3) is 6.12. The predicted molar refractivity (Wildman–Crippen MR) is 130 cm³/mol. The van der Waals surface area contributed by atoms with Crippen LogP contribution in [-0.2, 0) is 16.0 Å². The number of anilines is 1. The maximum Gasteiger partial charge on any atom is 0.414 e. The zero-order valence-electron chi connectivity index (χ0n) is 20.2. The second kappa shape index (κ2) is 11.1. The molecule has 188 valence electrons. The maximum atomic E-state index is 14.5. The Hall–Kier alpha value is -4.08. The molecule has 0 saturated carbocycles. The van der Waals surface area contributed by atoms with Gasteiger partial charge in [-0.3, -0.25) is 14.5 Å². The number of carbonyl (C=O) groups excluding carboxylic acids is 3. The molecular formula is C26H28FN5O4. The lowest BCUT2D eigenvalue weighted by Crippen LogP contribution is -2.34. The van der Waals surface area contributed by atoms with Crippen LogP contribution in [0.1, 0.15) is 42.6 Å². The second-order valence-corrected chi connectivity index (χ2v) is 9.11. The zero-order valence-corrected chi connectivity index (χ0v) is 20.2. The summed E-state index contributed by atoms with van der Waals surface area (Å²) in [7, 11) is 0. The van der Waals surface area contributed by atoms with Gasteiger partial charge in [0.05, 0.1) is 18.8 Å². The first-order valence-electron chi connectivity index (χ1n) is 11.8. The first-order chi connectivity index (χ1) is 17.3. The van der Waals surface area contributed by atoms with Crippen molar-refractivity contribution in [3.05, 3.63) is 72.1 Å². The van der Waals surface area contributed by atoms with Crippen molar-refractivity contribution in [1.82, 2.24) is 20.1 Å². The number of nitrogens with one attached hydrogen (secondary N) is 1. The van der Waals surface area contributed by atoms with Crippen LogP contribution in [0.15, 0.2) is 55.1 Å². The quantitative estimate of drug-likeness (QED) is 0.432. The lowest BCUT2D eigenvalue weighted by atomic mass is 9.99. The van der Waals surface area contributed by atoms with E-state index in [-0.39, 0.29) is 43.3 Å². The number of benzene rings is 2. The van der Waals surface area contributed by atoms with Gasteiger partial charge in [0.15, 0.2) is 11.6 Å². The number of hydrogen-bond donors (Lipinski definition) is 1. The van der Waals surface area contributed by atoms with E-state index in [9.17, 15) is 18.8 Å². The lowest BCUT2D eigenvalue weighted by molar-refractivity contribution is -0.121. The molecule has 4 rings (SSSR count). The summed E-state index contributed by atoms with van der Waals surface area (Å²) in [6.45, 7) is 4.53. The number of Topliss-reactive ketones (excluding diaryl/α,β-unsaturated/α-hetero) is 1. The van der Waals surface area contributed by atoms with Gasteiger partial charge in [0.25, 0.3) is 0 Å². The number of nitrogens with zero attached hydrogens (tertiary/aromatic N) is 4. The molecule has 10 heteroatoms. The van der Waals surface area contributed by atoms with Gasteiger partial charge in [-0.15, -0.1) is 0 Å². The Labute approximate surface area is 208 Å². The molecule has 1 saturated heterocycles. The number of cyclic esters (lactones) is 1. The number of halogens is 1. The van der Waals surface area contributed by atoms with Crippen LogP contribution in [0.5, 0.6) is 0 Å². The molecule has 2 heterocycles. The van der Waals surface area contributed by atoms with Gasteiger partial charge in [-0.05, 0) is 36.1 Å². The number of rotatable bonds is 10. The Balaban J connectivity index is 1.24. The average molecular weight is 494 g/mol. The van der Waals surface area contributed by atoms with Gasteiger partial charge in [-0.1, -0.05) is 38.1 Å². The maximum absolute atomic E-state index is 14.5. The summed E-state index contributed by atoms with van der Waals surface area (Å²) in [5.74, 6) is -0.441. The predicted octanol–water partition coefficient (Wildman–Crippen LogP) is 3.71. The molecule has 0 radical (unpaired) electrons. The van der Waals surface area contributed by atoms with Gasteiger partial charge in [0, 0.05) is 18.4 Å². The highest BCUT2D eigenvalue weighted by molar-refractivity contribution is 5.98. The summed E-state index contributed by atoms with van der Waals surface area (Å²) in [6.07, 6.45) is 2.52. The molecule has 2 aromatic carbocycles. The number of ketones is 1. The molecule has 1 aliphatic heterocycles. The third-order valence-corrected chi connectivity index (χ3v) is 5.81. The highest BCUT2D eigenvalue weighted by Crippen LogP contribution is 2.25. The summed E-state index contributed by atoms with van der Waals surface area (Å²) in [6, 6.07) is 11.8. The van der Waals surface area contributed by atoms with Gasteiger partial charge in [-0.25, -0.2) is 18.9 Å². The molecular weight excluding hydrogens is 465 g/mol. The molecule has 0 spiro atoms. The van der Waals surface area contributed by atoms with Crippen LogP contribution in [0.25, 0.3) is 5.69 Å². The van der Waals surface area contributed by atoms with Gasteiger partial charge in [0.1, 0.15) is 24.4 Å². The molecule has 0 aliphatic carbocycles. The second-order valence-electron chi connectivity index (χ2n) is 9.11. The summed E-state index contributed by atoms with van der Waals surface area (Å²) in [5, 5.41) is 6.60. The number of hydrogen-bond acceptors (Lipinski definition) is 6. The van der Waals surface area contributed by atoms with Crippen molar-refractivity contribution in [2.45, 2.75) is 39.2 Å². The summed E-state index contributed by atoms with van der Waals surface area (Å²) >= 11 is 0. The molecule has 1 unspecified atom stereocenters. The van der Waals surface area contributed by atoms with E-state index < -0.39 is 18.0 Å². The van der Waals surface area contributed by atoms with Crippen LogP contribution in [0.3, 0.4) is 0 Å². The van der Waals surface area contributed by atoms with Crippen molar-refractivity contribution in [1.29, 1.82) is 0 Å². The Morgan fingerprint density at radius 2 is 1.94 bits per heavy atom. The Morgan fingerprint density at radius 3 is 2.61 bits per heavy atom. The third-order valence-electron chi connectivity index (χ3n) is 5.81. The minimum atomic E-state index is -0.627. The van der Waals surface area contributed by atoms with Gasteiger partial charge in [-0.2, -0.15) is 5.10 Å². The minimum Gasteiger partial charge on any atom is -0.442 e. The van der Waals surface area contributed by atoms with E-state index in [1.807, 2.05) is 12.1 Å². The van der Waals surface area contributed by atoms with Crippen molar-refractivity contribution >= 4 is 23.5 Å². The van der Waals surface area contributed by atoms with E-state index in [1.165, 1.54) is 39.9 Å². The van der Waals surface area contributed by atoms with Crippen molar-refractivity contribution in [3.8, 4) is 5.69 Å². The molecule has 0 bridgehead atoms. The van der Waals surface area contributed by atoms with Gasteiger partial charge >= 0.3 is 6.09 Å². The molecule has 2 amide bonds. The number of carbonyl (C=O) groups is 3. The SMILES string of the molecule is CC(C)Cc1ccc(C(=O)CCC(=O)NCC2CN(c3ccc(-n4cncn4)c(F)c3)C(=O)O2)cc1. The molecule has 1 aromatic heterocycles. The van der Waals surface area contributed by atoms with Crippen LogP contribution in [0, 0.1) is 11.7 Å². The first kappa shape index (κ1) is 25.0. The molecule has 1 atom stereocenters. The fourth-order valence-electron chi connectivity index (χ4n) is 4.01. The highest BCUT2D eigenvalue weighted by atomic mass is 19.1. The average Bonchev–Trinajstić information content (AvgIpc) is 3.51. The van der Waals surface area contributed by atoms with E-state index >= 15 is 0 Å². The summed E-state index contributed by atoms with van der Waals surface area (Å²) < 4.78 is 21.1. The monoisotopic (exact) mass is 493 g/mol. The Bertz CT molecular complexity index is 1230. The molecule has 3 aromatic rings. The van der Waals surface area contributed by atoms with Crippen molar-refractivity contribution < 1.29 is 23.5 Å². The lowest BCUT2D eigenvalue weighted by Gasteiger charge is -2.14. The molecule has 36 heavy (non-hydrogen) atoms. The number of amides is 2. The van der Waals surface area contributed by atoms with E-state index in [1.54, 1.807) is 18.2 Å². The molecule has 9 nitrogen and oxygen atoms in total. The normalized spacial score (nSPS) is 15.3. The van der Waals surface area contributed by atoms with Crippen LogP contribution in [0.4, 0.5) is 14.9 Å². The summed E-state index contributed by atoms with van der Waals surface area (Å²) in [5.41, 5.74) is 2.29. The van der Waals surface area contributed by atoms with E-state index in [0.29, 0.717) is 17.2 Å². The fraction of sp³-hybridized carbons (Fsp3) is 0.346. The van der Waals surface area contributed by atoms with Crippen LogP contribution in [-0.4, -0.2) is 51.7 Å². The van der Waals surface area contributed by atoms with Crippen molar-refractivity contribution in [2.24, 2.45) is 5.92 Å². The largest absolute Gasteiger partial charge is 0.442 e. The highest BCUT2D eigenvalue weighted by Gasteiger charge is 2.33. The fourth-order valence-corrected chi connectivity index (χ4v) is 4.01. The van der Waals surface area contributed by atoms with Crippen molar-refractivity contribution in [3.63, 3.8) is 0 Å². The Morgan fingerprint density at radius 1 is 1.17 bits per heavy atom. The van der Waals surface area contributed by atoms with Gasteiger partial charge in [0.2, 0.25) is 5.91 Å². The number of ether oxygens (including phenoxy) is 1. The number of aromatic nitrogens is 3. The van der Waals surface area contributed by atoms with Crippen LogP contribution in [0.2, 0.25) is 0 Å². The molecule has 1 N–H and O–H groups in total. The topological polar surface area (TPSA) is 106 Å².